The Balaban J connectivity index is 1.93. The molecule has 1 saturated heterocycles. The predicted octanol–water partition coefficient (Wildman–Crippen LogP) is 4.47. The van der Waals surface area contributed by atoms with E-state index in [1.54, 1.807) is 12.1 Å². The van der Waals surface area contributed by atoms with Crippen molar-refractivity contribution in [3.63, 3.8) is 0 Å². The van der Waals surface area contributed by atoms with Gasteiger partial charge in [-0.05, 0) is 49.8 Å². The number of nitrogens with zero attached hydrogens (tertiary/aromatic N) is 1. The van der Waals surface area contributed by atoms with Crippen molar-refractivity contribution in [2.75, 3.05) is 6.54 Å². The van der Waals surface area contributed by atoms with Crippen LogP contribution >= 0.6 is 0 Å². The summed E-state index contributed by atoms with van der Waals surface area (Å²) in [6.45, 7) is 7.22. The lowest BCUT2D eigenvalue weighted by atomic mass is 10.0. The summed E-state index contributed by atoms with van der Waals surface area (Å²) in [4.78, 5) is 25.0. The highest BCUT2D eigenvalue weighted by Crippen LogP contribution is 2.21. The molecule has 26 heavy (non-hydrogen) atoms. The van der Waals surface area contributed by atoms with Gasteiger partial charge in [-0.15, -0.1) is 0 Å². The summed E-state index contributed by atoms with van der Waals surface area (Å²) in [7, 11) is 0. The van der Waals surface area contributed by atoms with E-state index in [1.165, 1.54) is 5.57 Å². The Morgan fingerprint density at radius 2 is 2.00 bits per heavy atom. The van der Waals surface area contributed by atoms with Crippen LogP contribution in [-0.2, 0) is 11.2 Å². The number of carboxylic acids is 1. The van der Waals surface area contributed by atoms with Crippen LogP contribution < -0.4 is 0 Å². The molecule has 2 rings (SSSR count). The maximum Gasteiger partial charge on any atom is 0.335 e. The van der Waals surface area contributed by atoms with E-state index in [2.05, 4.69) is 39.0 Å². The topological polar surface area (TPSA) is 57.6 Å². The molecule has 1 aliphatic heterocycles. The number of allylic oxidation sites excluding steroid dienone is 3. The van der Waals surface area contributed by atoms with Gasteiger partial charge in [-0.2, -0.15) is 0 Å². The average Bonchev–Trinajstić information content (AvgIpc) is 2.92. The second kappa shape index (κ2) is 9.37. The number of likely N-dealkylation sites (tertiary alicyclic amines) is 1. The molecule has 0 aromatic heterocycles. The lowest BCUT2D eigenvalue weighted by Crippen LogP contribution is -2.33. The Morgan fingerprint density at radius 1 is 1.31 bits per heavy atom. The van der Waals surface area contributed by atoms with Gasteiger partial charge in [0.15, 0.2) is 0 Å². The number of hydrogen-bond acceptors (Lipinski definition) is 2. The van der Waals surface area contributed by atoms with Gasteiger partial charge in [0.05, 0.1) is 11.6 Å². The second-order valence-corrected chi connectivity index (χ2v) is 7.44. The lowest BCUT2D eigenvalue weighted by Gasteiger charge is -2.22. The normalized spacial score (nSPS) is 18.3. The number of carboxylic acid groups (broad SMARTS) is 1. The van der Waals surface area contributed by atoms with Crippen molar-refractivity contribution < 1.29 is 14.7 Å². The smallest absolute Gasteiger partial charge is 0.335 e. The summed E-state index contributed by atoms with van der Waals surface area (Å²) in [5, 5.41) is 8.95. The number of aromatic carboxylic acids is 1. The van der Waals surface area contributed by atoms with E-state index in [-0.39, 0.29) is 17.5 Å². The van der Waals surface area contributed by atoms with E-state index in [4.69, 9.17) is 5.11 Å². The van der Waals surface area contributed by atoms with Crippen LogP contribution in [-0.4, -0.2) is 34.5 Å². The van der Waals surface area contributed by atoms with Crippen LogP contribution in [0, 0.1) is 5.92 Å². The van der Waals surface area contributed by atoms with Crippen molar-refractivity contribution in [3.05, 3.63) is 59.2 Å². The van der Waals surface area contributed by atoms with Crippen LogP contribution in [0.1, 0.15) is 56.0 Å². The van der Waals surface area contributed by atoms with Crippen LogP contribution in [0.25, 0.3) is 0 Å². The first-order valence-corrected chi connectivity index (χ1v) is 9.32. The minimum absolute atomic E-state index is 0.156. The minimum atomic E-state index is -0.919. The second-order valence-electron chi connectivity index (χ2n) is 7.44. The predicted molar refractivity (Wildman–Crippen MR) is 104 cm³/mol. The molecule has 0 bridgehead atoms. The van der Waals surface area contributed by atoms with E-state index in [0.717, 1.165) is 24.8 Å². The number of carbonyl (C=O) groups is 2. The van der Waals surface area contributed by atoms with Crippen molar-refractivity contribution in [2.24, 2.45) is 5.92 Å². The average molecular weight is 355 g/mol. The Kier molecular flexibility index (Phi) is 7.19. The van der Waals surface area contributed by atoms with Gasteiger partial charge < -0.3 is 10.0 Å². The molecule has 1 heterocycles. The molecule has 1 aromatic rings. The lowest BCUT2D eigenvalue weighted by molar-refractivity contribution is -0.128. The fourth-order valence-electron chi connectivity index (χ4n) is 3.37. The fraction of sp³-hybridized carbons (Fsp3) is 0.455. The van der Waals surface area contributed by atoms with Gasteiger partial charge in [-0.1, -0.05) is 49.8 Å². The first-order valence-electron chi connectivity index (χ1n) is 9.32. The molecule has 0 aliphatic carbocycles. The van der Waals surface area contributed by atoms with Crippen molar-refractivity contribution in [1.29, 1.82) is 0 Å². The Bertz CT molecular complexity index is 686. The van der Waals surface area contributed by atoms with Crippen molar-refractivity contribution in [1.82, 2.24) is 4.90 Å². The number of hydrogen-bond donors (Lipinski definition) is 1. The number of benzene rings is 1. The van der Waals surface area contributed by atoms with Gasteiger partial charge >= 0.3 is 5.97 Å². The van der Waals surface area contributed by atoms with Crippen LogP contribution in [0.2, 0.25) is 0 Å². The Hall–Kier alpha value is -2.36. The molecular weight excluding hydrogens is 326 g/mol. The third-order valence-electron chi connectivity index (χ3n) is 4.66. The van der Waals surface area contributed by atoms with Gasteiger partial charge in [0.2, 0.25) is 5.91 Å². The third-order valence-corrected chi connectivity index (χ3v) is 4.66. The van der Waals surface area contributed by atoms with Crippen molar-refractivity contribution in [2.45, 2.75) is 52.5 Å². The molecule has 140 valence electrons. The van der Waals surface area contributed by atoms with Gasteiger partial charge in [0.25, 0.3) is 0 Å². The van der Waals surface area contributed by atoms with Crippen molar-refractivity contribution in [3.8, 4) is 0 Å². The summed E-state index contributed by atoms with van der Waals surface area (Å²) in [5.74, 6) is -0.0707. The Labute approximate surface area is 156 Å². The maximum absolute atomic E-state index is 12.2. The molecular formula is C22H29NO3. The van der Waals surface area contributed by atoms with E-state index < -0.39 is 5.97 Å². The molecule has 0 radical (unpaired) electrons. The van der Waals surface area contributed by atoms with Crippen LogP contribution in [0.4, 0.5) is 0 Å². The van der Waals surface area contributed by atoms with Crippen LogP contribution in [0.3, 0.4) is 0 Å². The first-order chi connectivity index (χ1) is 12.4. The summed E-state index contributed by atoms with van der Waals surface area (Å²) in [6.07, 6.45) is 9.64. The number of carbonyl (C=O) groups excluding carboxylic acids is 1. The molecule has 1 aliphatic rings. The molecule has 1 aromatic carbocycles. The molecule has 0 spiro atoms. The molecule has 4 heteroatoms. The quantitative estimate of drug-likeness (QED) is 0.700. The zero-order valence-corrected chi connectivity index (χ0v) is 15.9. The minimum Gasteiger partial charge on any atom is -0.478 e. The molecule has 1 fully saturated rings. The van der Waals surface area contributed by atoms with E-state index in [0.29, 0.717) is 18.9 Å². The van der Waals surface area contributed by atoms with Gasteiger partial charge in [0.1, 0.15) is 0 Å². The number of rotatable bonds is 8. The van der Waals surface area contributed by atoms with E-state index in [9.17, 15) is 9.59 Å². The first kappa shape index (κ1) is 20.0. The molecule has 0 unspecified atom stereocenters. The highest BCUT2D eigenvalue weighted by molar-refractivity contribution is 5.87. The van der Waals surface area contributed by atoms with Crippen LogP contribution in [0.5, 0.6) is 0 Å². The number of amides is 1. The molecule has 4 nitrogen and oxygen atoms in total. The zero-order chi connectivity index (χ0) is 19.1. The maximum atomic E-state index is 12.2. The summed E-state index contributed by atoms with van der Waals surface area (Å²) in [5.41, 5.74) is 2.69. The summed E-state index contributed by atoms with van der Waals surface area (Å²) in [6, 6.07) is 7.04. The molecule has 1 amide bonds. The molecule has 1 atom stereocenters. The van der Waals surface area contributed by atoms with E-state index >= 15 is 0 Å². The van der Waals surface area contributed by atoms with Crippen LogP contribution in [0.15, 0.2) is 48.1 Å². The SMILES string of the molecule is C/C(=C\C=C/[C@H]1CCC(=O)N1CCc1ccc(C(=O)O)cc1)CC(C)C. The van der Waals surface area contributed by atoms with E-state index in [1.807, 2.05) is 17.0 Å². The van der Waals surface area contributed by atoms with Gasteiger partial charge in [-0.25, -0.2) is 4.79 Å². The van der Waals surface area contributed by atoms with Crippen molar-refractivity contribution >= 4 is 11.9 Å². The monoisotopic (exact) mass is 355 g/mol. The summed E-state index contributed by atoms with van der Waals surface area (Å²) >= 11 is 0. The molecule has 1 N–H and O–H groups in total. The van der Waals surface area contributed by atoms with Gasteiger partial charge in [0, 0.05) is 13.0 Å². The largest absolute Gasteiger partial charge is 0.478 e. The highest BCUT2D eigenvalue weighted by atomic mass is 16.4. The molecule has 0 saturated carbocycles. The zero-order valence-electron chi connectivity index (χ0n) is 15.9. The third kappa shape index (κ3) is 5.87. The van der Waals surface area contributed by atoms with Gasteiger partial charge in [-0.3, -0.25) is 4.79 Å². The standard InChI is InChI=1S/C22H29NO3/c1-16(2)15-17(3)5-4-6-20-11-12-21(24)23(20)14-13-18-7-9-19(10-8-18)22(25)26/h4-10,16,20H,11-15H2,1-3H3,(H,25,26)/b6-4-,17-5+/t20-/m0/s1. The fourth-order valence-corrected chi connectivity index (χ4v) is 3.37. The summed E-state index contributed by atoms with van der Waals surface area (Å²) < 4.78 is 0. The highest BCUT2D eigenvalue weighted by Gasteiger charge is 2.28. The Morgan fingerprint density at radius 3 is 2.62 bits per heavy atom.